The Hall–Kier alpha value is -4.12. The lowest BCUT2D eigenvalue weighted by molar-refractivity contribution is -0.117. The summed E-state index contributed by atoms with van der Waals surface area (Å²) in [6, 6.07) is 19.4. The van der Waals surface area contributed by atoms with Crippen molar-refractivity contribution >= 4 is 28.9 Å². The Balaban J connectivity index is 0.000000155. The minimum atomic E-state index is -0.886. The van der Waals surface area contributed by atoms with Crippen LogP contribution in [-0.4, -0.2) is 55.0 Å². The number of benzodiazepines with no additional fused rings is 1. The maximum Gasteiger partial charge on any atom is 0.263 e. The molecule has 0 bridgehead atoms. The molecule has 0 spiro atoms. The van der Waals surface area contributed by atoms with E-state index in [1.807, 2.05) is 60.8 Å². The first kappa shape index (κ1) is 25.5. The summed E-state index contributed by atoms with van der Waals surface area (Å²) in [6.07, 6.45) is 3.41. The molecule has 2 aliphatic heterocycles. The molecule has 1 saturated carbocycles. The van der Waals surface area contributed by atoms with Gasteiger partial charge in [-0.25, -0.2) is 4.98 Å². The van der Waals surface area contributed by atoms with Gasteiger partial charge in [-0.1, -0.05) is 48.5 Å². The van der Waals surface area contributed by atoms with Gasteiger partial charge >= 0.3 is 0 Å². The lowest BCUT2D eigenvalue weighted by atomic mass is 10.0. The number of rotatable bonds is 4. The van der Waals surface area contributed by atoms with Crippen LogP contribution >= 0.6 is 0 Å². The molecule has 3 aliphatic rings. The Morgan fingerprint density at radius 2 is 1.79 bits per heavy atom. The van der Waals surface area contributed by atoms with E-state index in [-0.39, 0.29) is 11.8 Å². The Kier molecular flexibility index (Phi) is 7.73. The Morgan fingerprint density at radius 1 is 1.08 bits per heavy atom. The predicted molar refractivity (Wildman–Crippen MR) is 146 cm³/mol. The number of carbonyl (C=O) groups is 1. The molecule has 10 nitrogen and oxygen atoms in total. The molecule has 6 rings (SSSR count). The number of aromatic nitrogens is 1. The van der Waals surface area contributed by atoms with Crippen molar-refractivity contribution in [3.8, 4) is 0 Å². The van der Waals surface area contributed by atoms with E-state index >= 15 is 0 Å². The van der Waals surface area contributed by atoms with Crippen LogP contribution in [0, 0.1) is 5.41 Å². The standard InChI is InChI=1S/C15H13N3O.C13H18N4O2/c16-14-15(19)17-12-9-5-4-8-11(12)13(18-14)10-6-2-1-3-7-10;14-13(19-15)12-11(17-3-5-18-6-4-17)7-10(8-16-12)9-1-2-9/h1-9,14H,16H2,(H,17,19);7-9,14H,1-6,15H2. The first-order chi connectivity index (χ1) is 18.5. The van der Waals surface area contributed by atoms with Crippen LogP contribution in [0.3, 0.4) is 0 Å². The van der Waals surface area contributed by atoms with Crippen molar-refractivity contribution in [2.75, 3.05) is 36.5 Å². The third kappa shape index (κ3) is 5.72. The van der Waals surface area contributed by atoms with Crippen molar-refractivity contribution in [2.24, 2.45) is 16.6 Å². The number of benzene rings is 2. The average Bonchev–Trinajstić information content (AvgIpc) is 3.83. The third-order valence-corrected chi connectivity index (χ3v) is 6.65. The van der Waals surface area contributed by atoms with E-state index in [1.54, 1.807) is 0 Å². The molecule has 0 radical (unpaired) electrons. The number of morpholine rings is 1. The summed E-state index contributed by atoms with van der Waals surface area (Å²) in [5.74, 6) is 5.35. The Labute approximate surface area is 221 Å². The fraction of sp³-hybridized carbons (Fsp3) is 0.286. The van der Waals surface area contributed by atoms with Gasteiger partial charge in [-0.15, -0.1) is 0 Å². The van der Waals surface area contributed by atoms with Crippen LogP contribution in [0.25, 0.3) is 0 Å². The van der Waals surface area contributed by atoms with Crippen molar-refractivity contribution in [1.29, 1.82) is 5.41 Å². The summed E-state index contributed by atoms with van der Waals surface area (Å²) in [7, 11) is 0. The first-order valence-electron chi connectivity index (χ1n) is 12.6. The van der Waals surface area contributed by atoms with Gasteiger partial charge in [-0.2, -0.15) is 5.90 Å². The summed E-state index contributed by atoms with van der Waals surface area (Å²) < 4.78 is 5.37. The fourth-order valence-corrected chi connectivity index (χ4v) is 4.48. The molecule has 1 aliphatic carbocycles. The molecule has 3 aromatic rings. The number of para-hydroxylation sites is 1. The minimum Gasteiger partial charge on any atom is -0.389 e. The number of fused-ring (bicyclic) bond motifs is 1. The second kappa shape index (κ2) is 11.5. The van der Waals surface area contributed by atoms with Crippen LogP contribution in [0.2, 0.25) is 0 Å². The van der Waals surface area contributed by atoms with E-state index in [0.717, 1.165) is 41.3 Å². The van der Waals surface area contributed by atoms with Gasteiger partial charge in [-0.05, 0) is 36.5 Å². The molecule has 1 amide bonds. The zero-order valence-electron chi connectivity index (χ0n) is 21.0. The molecular weight excluding hydrogens is 482 g/mol. The van der Waals surface area contributed by atoms with Crippen molar-refractivity contribution in [1.82, 2.24) is 4.98 Å². The molecule has 196 valence electrons. The van der Waals surface area contributed by atoms with Crippen LogP contribution in [-0.2, 0) is 14.4 Å². The quantitative estimate of drug-likeness (QED) is 0.238. The van der Waals surface area contributed by atoms with E-state index < -0.39 is 6.17 Å². The van der Waals surface area contributed by atoms with E-state index in [9.17, 15) is 4.79 Å². The van der Waals surface area contributed by atoms with Gasteiger partial charge in [0.1, 0.15) is 5.69 Å². The highest BCUT2D eigenvalue weighted by atomic mass is 16.6. The lowest BCUT2D eigenvalue weighted by Gasteiger charge is -2.30. The average molecular weight is 514 g/mol. The minimum absolute atomic E-state index is 0.0937. The number of hydrogen-bond donors (Lipinski definition) is 4. The highest BCUT2D eigenvalue weighted by Gasteiger charge is 2.27. The highest BCUT2D eigenvalue weighted by Crippen LogP contribution is 2.41. The van der Waals surface area contributed by atoms with Crippen LogP contribution in [0.5, 0.6) is 0 Å². The van der Waals surface area contributed by atoms with Crippen LogP contribution in [0.15, 0.2) is 71.9 Å². The Morgan fingerprint density at radius 3 is 2.50 bits per heavy atom. The number of anilines is 2. The number of pyridine rings is 1. The molecule has 1 aromatic heterocycles. The fourth-order valence-electron chi connectivity index (χ4n) is 4.48. The second-order valence-electron chi connectivity index (χ2n) is 9.28. The zero-order chi connectivity index (χ0) is 26.5. The summed E-state index contributed by atoms with van der Waals surface area (Å²) >= 11 is 0. The number of carbonyl (C=O) groups excluding carboxylic acids is 1. The van der Waals surface area contributed by atoms with Crippen LogP contribution < -0.4 is 21.8 Å². The van der Waals surface area contributed by atoms with E-state index in [0.29, 0.717) is 24.8 Å². The number of amides is 1. The van der Waals surface area contributed by atoms with Gasteiger partial charge in [0.15, 0.2) is 6.17 Å². The zero-order valence-corrected chi connectivity index (χ0v) is 21.0. The van der Waals surface area contributed by atoms with Gasteiger partial charge in [0.2, 0.25) is 0 Å². The molecular formula is C28H31N7O3. The van der Waals surface area contributed by atoms with Gasteiger partial charge in [0.25, 0.3) is 11.8 Å². The van der Waals surface area contributed by atoms with Crippen molar-refractivity contribution in [3.05, 3.63) is 89.2 Å². The summed E-state index contributed by atoms with van der Waals surface area (Å²) in [4.78, 5) is 27.3. The topological polar surface area (TPSA) is 152 Å². The predicted octanol–water partition coefficient (Wildman–Crippen LogP) is 2.77. The molecule has 1 saturated heterocycles. The highest BCUT2D eigenvalue weighted by molar-refractivity contribution is 6.19. The van der Waals surface area contributed by atoms with Crippen LogP contribution in [0.4, 0.5) is 11.4 Å². The summed E-state index contributed by atoms with van der Waals surface area (Å²) in [5, 5.41) is 10.6. The molecule has 3 heterocycles. The van der Waals surface area contributed by atoms with Crippen LogP contribution in [0.1, 0.15) is 41.1 Å². The molecule has 2 fully saturated rings. The molecule has 1 atom stereocenters. The third-order valence-electron chi connectivity index (χ3n) is 6.65. The number of hydrogen-bond acceptors (Lipinski definition) is 9. The molecule has 1 unspecified atom stereocenters. The van der Waals surface area contributed by atoms with Crippen molar-refractivity contribution in [3.63, 3.8) is 0 Å². The van der Waals surface area contributed by atoms with E-state index in [1.165, 1.54) is 18.4 Å². The lowest BCUT2D eigenvalue weighted by Crippen LogP contribution is -2.37. The monoisotopic (exact) mass is 513 g/mol. The molecule has 38 heavy (non-hydrogen) atoms. The molecule has 2 aromatic carbocycles. The molecule has 6 N–H and O–H groups in total. The summed E-state index contributed by atoms with van der Waals surface area (Å²) in [6.45, 7) is 3.01. The first-order valence-corrected chi connectivity index (χ1v) is 12.6. The molecule has 10 heteroatoms. The van der Waals surface area contributed by atoms with E-state index in [4.69, 9.17) is 21.8 Å². The SMILES string of the molecule is N=C(ON)c1ncc(C2CC2)cc1N1CCOCC1.NC1N=C(c2ccccc2)c2ccccc2NC1=O. The van der Waals surface area contributed by atoms with Gasteiger partial charge in [-0.3, -0.25) is 15.2 Å². The number of aliphatic imine (C=N–C) groups is 1. The van der Waals surface area contributed by atoms with Gasteiger partial charge in [0, 0.05) is 30.4 Å². The number of nitrogens with one attached hydrogen (secondary N) is 2. The van der Waals surface area contributed by atoms with Gasteiger partial charge in [0.05, 0.1) is 30.3 Å². The maximum absolute atomic E-state index is 11.8. The maximum atomic E-state index is 11.8. The smallest absolute Gasteiger partial charge is 0.263 e. The number of nitrogens with two attached hydrogens (primary N) is 2. The van der Waals surface area contributed by atoms with E-state index in [2.05, 4.69) is 31.1 Å². The largest absolute Gasteiger partial charge is 0.389 e. The second-order valence-corrected chi connectivity index (χ2v) is 9.28. The number of nitrogens with zero attached hydrogens (tertiary/aromatic N) is 3. The number of ether oxygens (including phenoxy) is 1. The normalized spacial score (nSPS) is 18.7. The summed E-state index contributed by atoms with van der Waals surface area (Å²) in [5.41, 5.74) is 11.8. The van der Waals surface area contributed by atoms with Crippen molar-refractivity contribution < 1.29 is 14.4 Å². The van der Waals surface area contributed by atoms with Crippen molar-refractivity contribution in [2.45, 2.75) is 24.9 Å². The Bertz CT molecular complexity index is 1340. The van der Waals surface area contributed by atoms with Gasteiger partial charge < -0.3 is 25.5 Å².